The van der Waals surface area contributed by atoms with Gasteiger partial charge in [0.2, 0.25) is 0 Å². The maximum absolute atomic E-state index is 12.4. The zero-order chi connectivity index (χ0) is 16.4. The second-order valence-corrected chi connectivity index (χ2v) is 5.93. The minimum absolute atomic E-state index is 0.156. The van der Waals surface area contributed by atoms with Gasteiger partial charge in [-0.15, -0.1) is 0 Å². The molecule has 1 N–H and O–H groups in total. The van der Waals surface area contributed by atoms with Crippen LogP contribution in [-0.2, 0) is 0 Å². The highest BCUT2D eigenvalue weighted by molar-refractivity contribution is 6.43. The number of benzene rings is 1. The number of halogens is 2. The number of anilines is 1. The molecule has 6 nitrogen and oxygen atoms in total. The van der Waals surface area contributed by atoms with Gasteiger partial charge in [0.25, 0.3) is 11.5 Å². The first-order chi connectivity index (χ1) is 11.1. The number of hydrogen-bond acceptors (Lipinski definition) is 4. The van der Waals surface area contributed by atoms with Crippen LogP contribution < -0.4 is 10.5 Å². The summed E-state index contributed by atoms with van der Waals surface area (Å²) in [4.78, 5) is 33.7. The Bertz CT molecular complexity index is 785. The van der Waals surface area contributed by atoms with Crippen molar-refractivity contribution in [3.8, 4) is 0 Å². The number of nitrogens with one attached hydrogen (secondary N) is 1. The van der Waals surface area contributed by atoms with Crippen LogP contribution >= 0.6 is 23.2 Å². The minimum atomic E-state index is -0.340. The first-order valence-corrected chi connectivity index (χ1v) is 7.85. The summed E-state index contributed by atoms with van der Waals surface area (Å²) >= 11 is 12.3. The molecule has 0 saturated carbocycles. The monoisotopic (exact) mass is 352 g/mol. The lowest BCUT2D eigenvalue weighted by molar-refractivity contribution is 0.0740. The second-order valence-electron chi connectivity index (χ2n) is 5.15. The zero-order valence-electron chi connectivity index (χ0n) is 12.1. The molecule has 23 heavy (non-hydrogen) atoms. The Morgan fingerprint density at radius 1 is 1.17 bits per heavy atom. The molecule has 0 atom stereocenters. The molecule has 8 heteroatoms. The third kappa shape index (κ3) is 3.33. The number of amides is 1. The fourth-order valence-electron chi connectivity index (χ4n) is 2.53. The Hall–Kier alpha value is -2.05. The molecule has 1 aromatic heterocycles. The van der Waals surface area contributed by atoms with Crippen molar-refractivity contribution in [2.75, 3.05) is 31.1 Å². The molecule has 0 aliphatic carbocycles. The molecule has 3 rings (SSSR count). The number of aromatic nitrogens is 2. The van der Waals surface area contributed by atoms with Crippen LogP contribution in [0.2, 0.25) is 10.0 Å². The first-order valence-electron chi connectivity index (χ1n) is 7.09. The fraction of sp³-hybridized carbons (Fsp3) is 0.267. The van der Waals surface area contributed by atoms with Crippen LogP contribution in [-0.4, -0.2) is 47.0 Å². The number of rotatable bonds is 2. The molecule has 0 radical (unpaired) electrons. The summed E-state index contributed by atoms with van der Waals surface area (Å²) in [6.45, 7) is 2.32. The van der Waals surface area contributed by atoms with Gasteiger partial charge < -0.3 is 14.8 Å². The van der Waals surface area contributed by atoms with E-state index in [4.69, 9.17) is 23.2 Å². The third-order valence-electron chi connectivity index (χ3n) is 3.74. The summed E-state index contributed by atoms with van der Waals surface area (Å²) in [7, 11) is 0. The molecular weight excluding hydrogens is 339 g/mol. The van der Waals surface area contributed by atoms with Gasteiger partial charge in [-0.05, 0) is 12.1 Å². The van der Waals surface area contributed by atoms with Crippen LogP contribution in [0.4, 0.5) is 5.69 Å². The van der Waals surface area contributed by atoms with Crippen molar-refractivity contribution in [1.82, 2.24) is 14.9 Å². The number of nitrogens with zero attached hydrogens (tertiary/aromatic N) is 3. The van der Waals surface area contributed by atoms with Gasteiger partial charge in [-0.3, -0.25) is 9.59 Å². The highest BCUT2D eigenvalue weighted by Crippen LogP contribution is 2.32. The molecular formula is C15H14Cl2N4O2. The van der Waals surface area contributed by atoms with Crippen molar-refractivity contribution < 1.29 is 4.79 Å². The molecule has 2 heterocycles. The van der Waals surface area contributed by atoms with E-state index < -0.39 is 0 Å². The smallest absolute Gasteiger partial charge is 0.272 e. The average molecular weight is 353 g/mol. The van der Waals surface area contributed by atoms with Gasteiger partial charge in [-0.1, -0.05) is 29.3 Å². The standard InChI is InChI=1S/C15H14Cl2N4O2/c16-10-2-1-3-12(14(10)17)20-4-6-21(7-5-20)15(23)11-8-13(22)19-9-18-11/h1-3,8-9H,4-7H2,(H,18,19,22). The lowest BCUT2D eigenvalue weighted by atomic mass is 10.2. The highest BCUT2D eigenvalue weighted by Gasteiger charge is 2.24. The van der Waals surface area contributed by atoms with E-state index in [0.29, 0.717) is 36.2 Å². The summed E-state index contributed by atoms with van der Waals surface area (Å²) in [6, 6.07) is 6.71. The molecule has 1 saturated heterocycles. The van der Waals surface area contributed by atoms with Gasteiger partial charge in [0.15, 0.2) is 0 Å². The van der Waals surface area contributed by atoms with E-state index in [1.54, 1.807) is 11.0 Å². The minimum Gasteiger partial charge on any atom is -0.367 e. The highest BCUT2D eigenvalue weighted by atomic mass is 35.5. The Balaban J connectivity index is 1.70. The van der Waals surface area contributed by atoms with Crippen molar-refractivity contribution in [1.29, 1.82) is 0 Å². The van der Waals surface area contributed by atoms with Crippen molar-refractivity contribution in [3.05, 3.63) is 56.7 Å². The fourth-order valence-corrected chi connectivity index (χ4v) is 2.95. The maximum Gasteiger partial charge on any atom is 0.272 e. The van der Waals surface area contributed by atoms with Crippen LogP contribution in [0.3, 0.4) is 0 Å². The van der Waals surface area contributed by atoms with Gasteiger partial charge in [-0.2, -0.15) is 0 Å². The topological polar surface area (TPSA) is 69.3 Å². The SMILES string of the molecule is O=C(c1cc(=O)[nH]cn1)N1CCN(c2cccc(Cl)c2Cl)CC1. The van der Waals surface area contributed by atoms with E-state index in [0.717, 1.165) is 5.69 Å². The van der Waals surface area contributed by atoms with E-state index in [1.807, 2.05) is 12.1 Å². The average Bonchev–Trinajstić information content (AvgIpc) is 2.57. The summed E-state index contributed by atoms with van der Waals surface area (Å²) in [5.41, 5.74) is 0.677. The number of H-pyrrole nitrogens is 1. The van der Waals surface area contributed by atoms with Gasteiger partial charge >= 0.3 is 0 Å². The molecule has 0 spiro atoms. The molecule has 1 aliphatic heterocycles. The van der Waals surface area contributed by atoms with E-state index in [1.165, 1.54) is 12.4 Å². The number of aromatic amines is 1. The molecule has 0 bridgehead atoms. The van der Waals surface area contributed by atoms with E-state index >= 15 is 0 Å². The lowest BCUT2D eigenvalue weighted by Gasteiger charge is -2.36. The normalized spacial score (nSPS) is 14.9. The summed E-state index contributed by atoms with van der Waals surface area (Å²) in [5.74, 6) is -0.243. The Kier molecular flexibility index (Phi) is 4.54. The summed E-state index contributed by atoms with van der Waals surface area (Å²) < 4.78 is 0. The van der Waals surface area contributed by atoms with Crippen LogP contribution in [0.15, 0.2) is 35.4 Å². The van der Waals surface area contributed by atoms with Crippen molar-refractivity contribution in [3.63, 3.8) is 0 Å². The molecule has 1 amide bonds. The predicted molar refractivity (Wildman–Crippen MR) is 89.4 cm³/mol. The van der Waals surface area contributed by atoms with Gasteiger partial charge in [-0.25, -0.2) is 4.98 Å². The molecule has 120 valence electrons. The summed E-state index contributed by atoms with van der Waals surface area (Å²) in [6.07, 6.45) is 1.23. The first kappa shape index (κ1) is 15.8. The maximum atomic E-state index is 12.4. The van der Waals surface area contributed by atoms with Gasteiger partial charge in [0, 0.05) is 32.2 Å². The van der Waals surface area contributed by atoms with Crippen molar-refractivity contribution >= 4 is 34.8 Å². The third-order valence-corrected chi connectivity index (χ3v) is 4.55. The van der Waals surface area contributed by atoms with Crippen molar-refractivity contribution in [2.24, 2.45) is 0 Å². The van der Waals surface area contributed by atoms with E-state index in [2.05, 4.69) is 14.9 Å². The molecule has 1 fully saturated rings. The zero-order valence-corrected chi connectivity index (χ0v) is 13.6. The Labute approximate surface area is 142 Å². The molecule has 1 aromatic carbocycles. The second kappa shape index (κ2) is 6.60. The van der Waals surface area contributed by atoms with Crippen molar-refractivity contribution in [2.45, 2.75) is 0 Å². The van der Waals surface area contributed by atoms with Crippen LogP contribution in [0, 0.1) is 0 Å². The van der Waals surface area contributed by atoms with Crippen LogP contribution in [0.25, 0.3) is 0 Å². The molecule has 1 aliphatic rings. The number of piperazine rings is 1. The molecule has 0 unspecified atom stereocenters. The van der Waals surface area contributed by atoms with Gasteiger partial charge in [0.05, 0.1) is 22.1 Å². The van der Waals surface area contributed by atoms with Crippen LogP contribution in [0.1, 0.15) is 10.5 Å². The largest absolute Gasteiger partial charge is 0.367 e. The summed E-state index contributed by atoms with van der Waals surface area (Å²) in [5, 5.41) is 1.03. The number of hydrogen-bond donors (Lipinski definition) is 1. The number of carbonyl (C=O) groups excluding carboxylic acids is 1. The molecule has 2 aromatic rings. The Morgan fingerprint density at radius 2 is 1.91 bits per heavy atom. The predicted octanol–water partition coefficient (Wildman–Crippen LogP) is 2.04. The van der Waals surface area contributed by atoms with E-state index in [9.17, 15) is 9.59 Å². The van der Waals surface area contributed by atoms with E-state index in [-0.39, 0.29) is 17.2 Å². The van der Waals surface area contributed by atoms with Crippen LogP contribution in [0.5, 0.6) is 0 Å². The lowest BCUT2D eigenvalue weighted by Crippen LogP contribution is -2.49. The van der Waals surface area contributed by atoms with Gasteiger partial charge in [0.1, 0.15) is 5.69 Å². The Morgan fingerprint density at radius 3 is 2.61 bits per heavy atom. The quantitative estimate of drug-likeness (QED) is 0.897. The number of carbonyl (C=O) groups is 1.